The van der Waals surface area contributed by atoms with Crippen LogP contribution in [0.25, 0.3) is 0 Å². The Bertz CT molecular complexity index is 446. The van der Waals surface area contributed by atoms with Crippen molar-refractivity contribution in [2.75, 3.05) is 6.61 Å². The van der Waals surface area contributed by atoms with Crippen LogP contribution in [-0.4, -0.2) is 22.6 Å². The maximum absolute atomic E-state index is 11.3. The fourth-order valence-corrected chi connectivity index (χ4v) is 1.63. The summed E-state index contributed by atoms with van der Waals surface area (Å²) in [7, 11) is 0. The monoisotopic (exact) mass is 267 g/mol. The standard InChI is InChI=1S/C13H17NO5/c1-2-9-19-13(16)8-7-12(15)10-5-3-4-6-11(10)14(17)18/h3-6,12,15H,2,7-9H2,1H3. The van der Waals surface area contributed by atoms with Crippen LogP contribution in [0, 0.1) is 10.1 Å². The summed E-state index contributed by atoms with van der Waals surface area (Å²) in [5.74, 6) is -0.403. The number of nitro groups is 1. The molecule has 19 heavy (non-hydrogen) atoms. The number of esters is 1. The fraction of sp³-hybridized carbons (Fsp3) is 0.462. The van der Waals surface area contributed by atoms with E-state index < -0.39 is 17.0 Å². The highest BCUT2D eigenvalue weighted by molar-refractivity contribution is 5.69. The highest BCUT2D eigenvalue weighted by Gasteiger charge is 2.20. The maximum atomic E-state index is 11.3. The van der Waals surface area contributed by atoms with Crippen molar-refractivity contribution in [1.29, 1.82) is 0 Å². The number of benzene rings is 1. The zero-order valence-electron chi connectivity index (χ0n) is 10.7. The van der Waals surface area contributed by atoms with Crippen LogP contribution in [-0.2, 0) is 9.53 Å². The lowest BCUT2D eigenvalue weighted by molar-refractivity contribution is -0.386. The molecular weight excluding hydrogens is 250 g/mol. The Hall–Kier alpha value is -1.95. The van der Waals surface area contributed by atoms with E-state index in [1.54, 1.807) is 6.07 Å². The molecule has 6 nitrogen and oxygen atoms in total. The predicted molar refractivity (Wildman–Crippen MR) is 68.5 cm³/mol. The van der Waals surface area contributed by atoms with Gasteiger partial charge in [-0.3, -0.25) is 14.9 Å². The smallest absolute Gasteiger partial charge is 0.305 e. The molecule has 0 aliphatic heterocycles. The second-order valence-electron chi connectivity index (χ2n) is 4.09. The second-order valence-corrected chi connectivity index (χ2v) is 4.09. The highest BCUT2D eigenvalue weighted by atomic mass is 16.6. The third kappa shape index (κ3) is 4.67. The summed E-state index contributed by atoms with van der Waals surface area (Å²) in [4.78, 5) is 21.6. The summed E-state index contributed by atoms with van der Waals surface area (Å²) in [6.07, 6.45) is -0.172. The summed E-state index contributed by atoms with van der Waals surface area (Å²) >= 11 is 0. The zero-order chi connectivity index (χ0) is 14.3. The topological polar surface area (TPSA) is 89.7 Å². The Morgan fingerprint density at radius 3 is 2.79 bits per heavy atom. The maximum Gasteiger partial charge on any atom is 0.305 e. The lowest BCUT2D eigenvalue weighted by Gasteiger charge is -2.10. The molecule has 0 saturated heterocycles. The van der Waals surface area contributed by atoms with E-state index in [0.717, 1.165) is 6.42 Å². The number of carbonyl (C=O) groups excluding carboxylic acids is 1. The van der Waals surface area contributed by atoms with Crippen LogP contribution in [0.2, 0.25) is 0 Å². The Balaban J connectivity index is 2.61. The molecule has 0 aliphatic carbocycles. The number of aliphatic hydroxyl groups is 1. The van der Waals surface area contributed by atoms with Gasteiger partial charge in [0.25, 0.3) is 5.69 Å². The van der Waals surface area contributed by atoms with Crippen molar-refractivity contribution in [2.45, 2.75) is 32.3 Å². The van der Waals surface area contributed by atoms with Crippen LogP contribution in [0.15, 0.2) is 24.3 Å². The van der Waals surface area contributed by atoms with Gasteiger partial charge in [0, 0.05) is 12.5 Å². The van der Waals surface area contributed by atoms with Crippen LogP contribution < -0.4 is 0 Å². The second kappa shape index (κ2) is 7.48. The Kier molecular flexibility index (Phi) is 5.95. The van der Waals surface area contributed by atoms with Gasteiger partial charge in [-0.2, -0.15) is 0 Å². The molecule has 1 N–H and O–H groups in total. The molecule has 0 fully saturated rings. The summed E-state index contributed by atoms with van der Waals surface area (Å²) in [6.45, 7) is 2.23. The van der Waals surface area contributed by atoms with Gasteiger partial charge >= 0.3 is 5.97 Å². The molecule has 6 heteroatoms. The van der Waals surface area contributed by atoms with Gasteiger partial charge in [-0.05, 0) is 18.9 Å². The molecule has 1 aromatic rings. The van der Waals surface area contributed by atoms with Crippen LogP contribution in [0.3, 0.4) is 0 Å². The van der Waals surface area contributed by atoms with Gasteiger partial charge in [-0.1, -0.05) is 19.1 Å². The number of hydrogen-bond acceptors (Lipinski definition) is 5. The van der Waals surface area contributed by atoms with E-state index >= 15 is 0 Å². The molecule has 0 amide bonds. The van der Waals surface area contributed by atoms with E-state index in [1.807, 2.05) is 6.92 Å². The van der Waals surface area contributed by atoms with E-state index in [-0.39, 0.29) is 24.1 Å². The van der Waals surface area contributed by atoms with E-state index in [1.165, 1.54) is 18.2 Å². The number of nitrogens with zero attached hydrogens (tertiary/aromatic N) is 1. The van der Waals surface area contributed by atoms with Crippen LogP contribution in [0.1, 0.15) is 37.9 Å². The number of hydrogen-bond donors (Lipinski definition) is 1. The minimum absolute atomic E-state index is 0.0349. The number of nitro benzene ring substituents is 1. The third-order valence-electron chi connectivity index (χ3n) is 2.58. The van der Waals surface area contributed by atoms with Crippen molar-refractivity contribution >= 4 is 11.7 Å². The van der Waals surface area contributed by atoms with Crippen molar-refractivity contribution in [3.8, 4) is 0 Å². The molecule has 1 atom stereocenters. The van der Waals surface area contributed by atoms with Gasteiger partial charge in [-0.25, -0.2) is 0 Å². The lowest BCUT2D eigenvalue weighted by Crippen LogP contribution is -2.09. The van der Waals surface area contributed by atoms with Gasteiger partial charge < -0.3 is 9.84 Å². The first-order chi connectivity index (χ1) is 9.06. The molecule has 1 rings (SSSR count). The van der Waals surface area contributed by atoms with Gasteiger partial charge in [0.2, 0.25) is 0 Å². The van der Waals surface area contributed by atoms with Crippen molar-refractivity contribution < 1.29 is 19.6 Å². The van der Waals surface area contributed by atoms with E-state index in [4.69, 9.17) is 4.74 Å². The predicted octanol–water partition coefficient (Wildman–Crippen LogP) is 2.36. The molecule has 0 aromatic heterocycles. The van der Waals surface area contributed by atoms with Crippen molar-refractivity contribution in [2.24, 2.45) is 0 Å². The Labute approximate surface area is 111 Å². The minimum Gasteiger partial charge on any atom is -0.466 e. The van der Waals surface area contributed by atoms with Crippen molar-refractivity contribution in [3.63, 3.8) is 0 Å². The van der Waals surface area contributed by atoms with Crippen LogP contribution in [0.4, 0.5) is 5.69 Å². The molecule has 1 aromatic carbocycles. The first kappa shape index (κ1) is 15.1. The molecule has 0 heterocycles. The lowest BCUT2D eigenvalue weighted by atomic mass is 10.0. The molecule has 0 aliphatic rings. The normalized spacial score (nSPS) is 11.9. The Morgan fingerprint density at radius 2 is 2.16 bits per heavy atom. The van der Waals surface area contributed by atoms with Gasteiger partial charge in [-0.15, -0.1) is 0 Å². The zero-order valence-corrected chi connectivity index (χ0v) is 10.7. The number of rotatable bonds is 7. The summed E-state index contributed by atoms with van der Waals surface area (Å²) in [5.41, 5.74) is 0.0766. The molecule has 0 radical (unpaired) electrons. The van der Waals surface area contributed by atoms with Crippen LogP contribution >= 0.6 is 0 Å². The van der Waals surface area contributed by atoms with Crippen molar-refractivity contribution in [3.05, 3.63) is 39.9 Å². The fourth-order valence-electron chi connectivity index (χ4n) is 1.63. The number of aliphatic hydroxyl groups excluding tert-OH is 1. The van der Waals surface area contributed by atoms with Gasteiger partial charge in [0.05, 0.1) is 23.2 Å². The van der Waals surface area contributed by atoms with Crippen LogP contribution in [0.5, 0.6) is 0 Å². The molecule has 0 spiro atoms. The van der Waals surface area contributed by atoms with E-state index in [2.05, 4.69) is 0 Å². The largest absolute Gasteiger partial charge is 0.466 e. The van der Waals surface area contributed by atoms with E-state index in [0.29, 0.717) is 6.61 Å². The van der Waals surface area contributed by atoms with Crippen molar-refractivity contribution in [1.82, 2.24) is 0 Å². The Morgan fingerprint density at radius 1 is 1.47 bits per heavy atom. The highest BCUT2D eigenvalue weighted by Crippen LogP contribution is 2.27. The van der Waals surface area contributed by atoms with Gasteiger partial charge in [0.1, 0.15) is 0 Å². The number of carbonyl (C=O) groups is 1. The van der Waals surface area contributed by atoms with E-state index in [9.17, 15) is 20.0 Å². The average molecular weight is 267 g/mol. The summed E-state index contributed by atoms with van der Waals surface area (Å²) in [5, 5.41) is 20.7. The SMILES string of the molecule is CCCOC(=O)CCC(O)c1ccccc1[N+](=O)[O-]. The number of para-hydroxylation sites is 1. The summed E-state index contributed by atoms with van der Waals surface area (Å²) < 4.78 is 4.87. The number of ether oxygens (including phenoxy) is 1. The first-order valence-electron chi connectivity index (χ1n) is 6.13. The molecular formula is C13H17NO5. The first-order valence-corrected chi connectivity index (χ1v) is 6.13. The molecule has 104 valence electrons. The quantitative estimate of drug-likeness (QED) is 0.465. The third-order valence-corrected chi connectivity index (χ3v) is 2.58. The molecule has 1 unspecified atom stereocenters. The minimum atomic E-state index is -1.05. The van der Waals surface area contributed by atoms with Gasteiger partial charge in [0.15, 0.2) is 0 Å². The molecule has 0 bridgehead atoms. The molecule has 0 saturated carbocycles. The average Bonchev–Trinajstić information content (AvgIpc) is 2.42. The summed E-state index contributed by atoms with van der Waals surface area (Å²) in [6, 6.07) is 5.96.